The molecule has 0 aromatic heterocycles. The van der Waals surface area contributed by atoms with Gasteiger partial charge in [0, 0.05) is 13.8 Å². The third kappa shape index (κ3) is 4.08. The van der Waals surface area contributed by atoms with E-state index in [-0.39, 0.29) is 5.57 Å². The minimum Gasteiger partial charge on any atom is -0.490 e. The summed E-state index contributed by atoms with van der Waals surface area (Å²) < 4.78 is 21.9. The molecule has 1 aliphatic rings. The van der Waals surface area contributed by atoms with Crippen molar-refractivity contribution in [3.8, 4) is 11.5 Å². The van der Waals surface area contributed by atoms with Gasteiger partial charge >= 0.3 is 11.9 Å². The lowest BCUT2D eigenvalue weighted by atomic mass is 10.1. The van der Waals surface area contributed by atoms with Crippen LogP contribution in [-0.4, -0.2) is 30.9 Å². The number of halogens is 1. The van der Waals surface area contributed by atoms with E-state index < -0.39 is 17.7 Å². The highest BCUT2D eigenvalue weighted by Gasteiger charge is 2.38. The largest absolute Gasteiger partial charge is 0.490 e. The molecule has 0 saturated carbocycles. The second-order valence-corrected chi connectivity index (χ2v) is 6.29. The summed E-state index contributed by atoms with van der Waals surface area (Å²) in [5.41, 5.74) is 0.408. The number of esters is 2. The Balaban J connectivity index is 2.42. The fraction of sp³-hybridized carbons (Fsp3) is 0.412. The minimum atomic E-state index is -1.26. The summed E-state index contributed by atoms with van der Waals surface area (Å²) in [5.74, 6) is -1.63. The Morgan fingerprint density at radius 3 is 2.21 bits per heavy atom. The summed E-state index contributed by atoms with van der Waals surface area (Å²) in [7, 11) is 0. The Morgan fingerprint density at radius 2 is 1.67 bits per heavy atom. The molecule has 2 rings (SSSR count). The molecule has 1 fully saturated rings. The van der Waals surface area contributed by atoms with Crippen LogP contribution in [0.5, 0.6) is 11.5 Å². The fourth-order valence-corrected chi connectivity index (χ4v) is 2.74. The van der Waals surface area contributed by atoms with Gasteiger partial charge in [-0.1, -0.05) is 0 Å². The molecule has 1 aromatic carbocycles. The molecule has 1 aromatic rings. The fourth-order valence-electron chi connectivity index (χ4n) is 2.16. The zero-order valence-corrected chi connectivity index (χ0v) is 15.6. The van der Waals surface area contributed by atoms with E-state index in [1.54, 1.807) is 12.1 Å². The monoisotopic (exact) mass is 398 g/mol. The van der Waals surface area contributed by atoms with Crippen LogP contribution in [0.4, 0.5) is 0 Å². The van der Waals surface area contributed by atoms with E-state index in [1.807, 2.05) is 13.8 Å². The second kappa shape index (κ2) is 7.25. The Hall–Kier alpha value is -2.02. The maximum absolute atomic E-state index is 12.0. The average molecular weight is 399 g/mol. The summed E-state index contributed by atoms with van der Waals surface area (Å²) >= 11 is 3.42. The summed E-state index contributed by atoms with van der Waals surface area (Å²) in [6.07, 6.45) is 1.41. The molecule has 0 bridgehead atoms. The molecule has 0 N–H and O–H groups in total. The van der Waals surface area contributed by atoms with Crippen LogP contribution in [0.2, 0.25) is 0 Å². The molecule has 1 heterocycles. The van der Waals surface area contributed by atoms with Crippen LogP contribution in [0.3, 0.4) is 0 Å². The van der Waals surface area contributed by atoms with Crippen molar-refractivity contribution in [1.29, 1.82) is 0 Å². The van der Waals surface area contributed by atoms with Gasteiger partial charge in [-0.15, -0.1) is 0 Å². The van der Waals surface area contributed by atoms with Gasteiger partial charge in [0.15, 0.2) is 11.5 Å². The zero-order valence-electron chi connectivity index (χ0n) is 14.0. The van der Waals surface area contributed by atoms with Gasteiger partial charge < -0.3 is 18.9 Å². The summed E-state index contributed by atoms with van der Waals surface area (Å²) in [5, 5.41) is 0. The molecule has 1 aliphatic heterocycles. The number of benzene rings is 1. The average Bonchev–Trinajstić information content (AvgIpc) is 2.46. The third-order valence-corrected chi connectivity index (χ3v) is 3.64. The van der Waals surface area contributed by atoms with Gasteiger partial charge in [0.2, 0.25) is 0 Å². The maximum atomic E-state index is 12.0. The second-order valence-electron chi connectivity index (χ2n) is 5.43. The van der Waals surface area contributed by atoms with E-state index in [1.165, 1.54) is 19.9 Å². The SMILES string of the molecule is CCOc1cc(C=C2C(=O)OC(C)(C)OC2=O)cc(Br)c1OCC. The molecule has 1 saturated heterocycles. The number of carbonyl (C=O) groups excluding carboxylic acids is 2. The first-order valence-electron chi connectivity index (χ1n) is 7.55. The molecule has 0 radical (unpaired) electrons. The quantitative estimate of drug-likeness (QED) is 0.429. The first-order valence-corrected chi connectivity index (χ1v) is 8.34. The van der Waals surface area contributed by atoms with Crippen molar-refractivity contribution in [1.82, 2.24) is 0 Å². The lowest BCUT2D eigenvalue weighted by molar-refractivity contribution is -0.222. The van der Waals surface area contributed by atoms with Crippen LogP contribution >= 0.6 is 15.9 Å². The van der Waals surface area contributed by atoms with Crippen LogP contribution in [-0.2, 0) is 19.1 Å². The summed E-state index contributed by atoms with van der Waals surface area (Å²) in [6, 6.07) is 3.41. The Labute approximate surface area is 148 Å². The number of carbonyl (C=O) groups is 2. The van der Waals surface area contributed by atoms with Gasteiger partial charge in [-0.25, -0.2) is 9.59 Å². The number of ether oxygens (including phenoxy) is 4. The Bertz CT molecular complexity index is 671. The van der Waals surface area contributed by atoms with Crippen molar-refractivity contribution < 1.29 is 28.5 Å². The normalized spacial score (nSPS) is 16.3. The molecule has 0 unspecified atom stereocenters. The minimum absolute atomic E-state index is 0.173. The van der Waals surface area contributed by atoms with Crippen molar-refractivity contribution in [3.05, 3.63) is 27.7 Å². The summed E-state index contributed by atoms with van der Waals surface area (Å²) in [6.45, 7) is 7.65. The van der Waals surface area contributed by atoms with Gasteiger partial charge in [0.25, 0.3) is 5.79 Å². The third-order valence-electron chi connectivity index (χ3n) is 3.05. The van der Waals surface area contributed by atoms with Crippen molar-refractivity contribution in [2.75, 3.05) is 13.2 Å². The molecular formula is C17H19BrO6. The first-order chi connectivity index (χ1) is 11.3. The molecular weight excluding hydrogens is 380 g/mol. The lowest BCUT2D eigenvalue weighted by Gasteiger charge is -2.29. The predicted molar refractivity (Wildman–Crippen MR) is 90.7 cm³/mol. The van der Waals surface area contributed by atoms with Gasteiger partial charge in [-0.2, -0.15) is 0 Å². The highest BCUT2D eigenvalue weighted by Crippen LogP contribution is 2.38. The van der Waals surface area contributed by atoms with Crippen LogP contribution < -0.4 is 9.47 Å². The lowest BCUT2D eigenvalue weighted by Crippen LogP contribution is -2.41. The van der Waals surface area contributed by atoms with E-state index in [4.69, 9.17) is 18.9 Å². The highest BCUT2D eigenvalue weighted by atomic mass is 79.9. The zero-order chi connectivity index (χ0) is 17.9. The molecule has 6 nitrogen and oxygen atoms in total. The van der Waals surface area contributed by atoms with E-state index >= 15 is 0 Å². The smallest absolute Gasteiger partial charge is 0.348 e. The molecule has 130 valence electrons. The van der Waals surface area contributed by atoms with Gasteiger partial charge in [-0.3, -0.25) is 0 Å². The number of hydrogen-bond donors (Lipinski definition) is 0. The number of cyclic esters (lactones) is 2. The molecule has 24 heavy (non-hydrogen) atoms. The van der Waals surface area contributed by atoms with Crippen LogP contribution in [0, 0.1) is 0 Å². The van der Waals surface area contributed by atoms with Gasteiger partial charge in [0.1, 0.15) is 5.57 Å². The van der Waals surface area contributed by atoms with Crippen molar-refractivity contribution in [2.45, 2.75) is 33.5 Å². The topological polar surface area (TPSA) is 71.1 Å². The van der Waals surface area contributed by atoms with Crippen molar-refractivity contribution in [2.24, 2.45) is 0 Å². The van der Waals surface area contributed by atoms with Crippen LogP contribution in [0.25, 0.3) is 6.08 Å². The standard InChI is InChI=1S/C17H19BrO6/c1-5-21-13-9-10(8-12(18)14(13)22-6-2)7-11-15(19)23-17(3,4)24-16(11)20/h7-9H,5-6H2,1-4H3. The van der Waals surface area contributed by atoms with Gasteiger partial charge in [0.05, 0.1) is 17.7 Å². The molecule has 0 spiro atoms. The molecule has 0 aliphatic carbocycles. The maximum Gasteiger partial charge on any atom is 0.348 e. The van der Waals surface area contributed by atoms with Crippen molar-refractivity contribution >= 4 is 33.9 Å². The molecule has 0 atom stereocenters. The highest BCUT2D eigenvalue weighted by molar-refractivity contribution is 9.10. The Kier molecular flexibility index (Phi) is 5.54. The van der Waals surface area contributed by atoms with Crippen LogP contribution in [0.1, 0.15) is 33.3 Å². The van der Waals surface area contributed by atoms with Crippen LogP contribution in [0.15, 0.2) is 22.2 Å². The summed E-state index contributed by atoms with van der Waals surface area (Å²) in [4.78, 5) is 24.1. The Morgan fingerprint density at radius 1 is 1.08 bits per heavy atom. The van der Waals surface area contributed by atoms with E-state index in [2.05, 4.69) is 15.9 Å². The van der Waals surface area contributed by atoms with Crippen molar-refractivity contribution in [3.63, 3.8) is 0 Å². The first kappa shape index (κ1) is 18.3. The predicted octanol–water partition coefficient (Wildman–Crippen LogP) is 3.47. The molecule has 7 heteroatoms. The van der Waals surface area contributed by atoms with E-state index in [0.717, 1.165) is 0 Å². The van der Waals surface area contributed by atoms with E-state index in [0.29, 0.717) is 34.7 Å². The molecule has 0 amide bonds. The number of rotatable bonds is 5. The van der Waals surface area contributed by atoms with E-state index in [9.17, 15) is 9.59 Å². The number of hydrogen-bond acceptors (Lipinski definition) is 6. The van der Waals surface area contributed by atoms with Gasteiger partial charge in [-0.05, 0) is 53.5 Å².